The predicted octanol–water partition coefficient (Wildman–Crippen LogP) is 2.30. The molecule has 1 unspecified atom stereocenters. The highest BCUT2D eigenvalue weighted by Gasteiger charge is 2.07. The molecule has 1 aromatic rings. The lowest BCUT2D eigenvalue weighted by atomic mass is 10.2. The van der Waals surface area contributed by atoms with Gasteiger partial charge >= 0.3 is 0 Å². The summed E-state index contributed by atoms with van der Waals surface area (Å²) in [5.74, 6) is 0.772. The van der Waals surface area contributed by atoms with E-state index in [2.05, 4.69) is 46.9 Å². The Balaban J connectivity index is 0.00000441. The summed E-state index contributed by atoms with van der Waals surface area (Å²) in [6, 6.07) is 4.64. The molecule has 3 N–H and O–H groups in total. The van der Waals surface area contributed by atoms with Gasteiger partial charge in [0.25, 0.3) is 0 Å². The van der Waals surface area contributed by atoms with E-state index in [0.717, 1.165) is 18.9 Å². The highest BCUT2D eigenvalue weighted by atomic mass is 127. The van der Waals surface area contributed by atoms with E-state index in [-0.39, 0.29) is 29.9 Å². The number of rotatable bonds is 7. The molecule has 0 aliphatic carbocycles. The molecule has 0 saturated carbocycles. The van der Waals surface area contributed by atoms with Crippen molar-refractivity contribution in [1.82, 2.24) is 16.0 Å². The van der Waals surface area contributed by atoms with Crippen molar-refractivity contribution in [3.8, 4) is 0 Å². The standard InChI is InChI=1S/C15H26N4OS.HI/c1-5-16-15(18-9-8-17-13(4)20)19-11(2)10-14-7-6-12(3)21-14;/h6-7,11H,5,8-10H2,1-4H3,(H,17,20)(H2,16,18,19);1H. The Kier molecular flexibility index (Phi) is 11.3. The zero-order valence-corrected chi connectivity index (χ0v) is 16.9. The lowest BCUT2D eigenvalue weighted by Crippen LogP contribution is -2.43. The van der Waals surface area contributed by atoms with Crippen LogP contribution in [0.4, 0.5) is 0 Å². The van der Waals surface area contributed by atoms with Gasteiger partial charge in [0.2, 0.25) is 5.91 Å². The summed E-state index contributed by atoms with van der Waals surface area (Å²) in [5.41, 5.74) is 0. The number of hydrogen-bond acceptors (Lipinski definition) is 3. The molecule has 22 heavy (non-hydrogen) atoms. The van der Waals surface area contributed by atoms with Crippen molar-refractivity contribution in [2.45, 2.75) is 40.2 Å². The van der Waals surface area contributed by atoms with Gasteiger partial charge in [0.1, 0.15) is 0 Å². The fraction of sp³-hybridized carbons (Fsp3) is 0.600. The molecule has 7 heteroatoms. The number of nitrogens with zero attached hydrogens (tertiary/aromatic N) is 1. The third kappa shape index (κ3) is 9.24. The van der Waals surface area contributed by atoms with Gasteiger partial charge in [0.15, 0.2) is 5.96 Å². The average Bonchev–Trinajstić information content (AvgIpc) is 2.79. The number of aryl methyl sites for hydroxylation is 1. The molecular weight excluding hydrogens is 411 g/mol. The van der Waals surface area contributed by atoms with Crippen molar-refractivity contribution in [2.75, 3.05) is 19.6 Å². The van der Waals surface area contributed by atoms with Crippen molar-refractivity contribution in [3.63, 3.8) is 0 Å². The lowest BCUT2D eigenvalue weighted by Gasteiger charge is -2.17. The van der Waals surface area contributed by atoms with E-state index < -0.39 is 0 Å². The number of guanidine groups is 1. The molecule has 5 nitrogen and oxygen atoms in total. The summed E-state index contributed by atoms with van der Waals surface area (Å²) >= 11 is 1.83. The zero-order chi connectivity index (χ0) is 15.7. The van der Waals surface area contributed by atoms with E-state index in [9.17, 15) is 4.79 Å². The average molecular weight is 438 g/mol. The van der Waals surface area contributed by atoms with Crippen LogP contribution in [0.25, 0.3) is 0 Å². The second-order valence-corrected chi connectivity index (χ2v) is 6.38. The second kappa shape index (κ2) is 11.7. The first-order valence-electron chi connectivity index (χ1n) is 7.35. The molecule has 1 heterocycles. The first-order valence-corrected chi connectivity index (χ1v) is 8.17. The second-order valence-electron chi connectivity index (χ2n) is 5.01. The third-order valence-electron chi connectivity index (χ3n) is 2.79. The van der Waals surface area contributed by atoms with Gasteiger partial charge in [-0.1, -0.05) is 0 Å². The van der Waals surface area contributed by atoms with Gasteiger partial charge in [-0.2, -0.15) is 0 Å². The minimum absolute atomic E-state index is 0. The Morgan fingerprint density at radius 1 is 1.36 bits per heavy atom. The van der Waals surface area contributed by atoms with Gasteiger partial charge in [-0.05, 0) is 32.9 Å². The van der Waals surface area contributed by atoms with Crippen LogP contribution in [0, 0.1) is 6.92 Å². The van der Waals surface area contributed by atoms with Crippen LogP contribution >= 0.6 is 35.3 Å². The Labute approximate surface area is 154 Å². The van der Waals surface area contributed by atoms with Crippen LogP contribution < -0.4 is 16.0 Å². The summed E-state index contributed by atoms with van der Waals surface area (Å²) in [6.45, 7) is 9.77. The number of halogens is 1. The Bertz CT molecular complexity index is 476. The van der Waals surface area contributed by atoms with Crippen LogP contribution in [-0.2, 0) is 11.2 Å². The highest BCUT2D eigenvalue weighted by molar-refractivity contribution is 14.0. The Morgan fingerprint density at radius 2 is 2.09 bits per heavy atom. The van der Waals surface area contributed by atoms with Crippen molar-refractivity contribution < 1.29 is 4.79 Å². The molecule has 1 atom stereocenters. The van der Waals surface area contributed by atoms with E-state index >= 15 is 0 Å². The van der Waals surface area contributed by atoms with Gasteiger partial charge in [-0.15, -0.1) is 35.3 Å². The molecule has 0 bridgehead atoms. The molecule has 0 fully saturated rings. The van der Waals surface area contributed by atoms with Crippen LogP contribution in [0.15, 0.2) is 17.1 Å². The molecule has 0 aliphatic rings. The minimum Gasteiger partial charge on any atom is -0.357 e. The number of thiophene rings is 1. The van der Waals surface area contributed by atoms with E-state index in [1.807, 2.05) is 18.3 Å². The first-order chi connectivity index (χ1) is 10.0. The van der Waals surface area contributed by atoms with Crippen LogP contribution in [-0.4, -0.2) is 37.5 Å². The molecule has 0 radical (unpaired) electrons. The lowest BCUT2D eigenvalue weighted by molar-refractivity contribution is -0.118. The molecular formula is C15H27IN4OS. The highest BCUT2D eigenvalue weighted by Crippen LogP contribution is 2.16. The van der Waals surface area contributed by atoms with Crippen LogP contribution in [0.2, 0.25) is 0 Å². The Morgan fingerprint density at radius 3 is 2.64 bits per heavy atom. The fourth-order valence-corrected chi connectivity index (χ4v) is 2.92. The molecule has 0 aromatic carbocycles. The van der Waals surface area contributed by atoms with Crippen LogP contribution in [0.3, 0.4) is 0 Å². The number of hydrogen-bond donors (Lipinski definition) is 3. The van der Waals surface area contributed by atoms with Gasteiger partial charge in [-0.3, -0.25) is 9.79 Å². The molecule has 0 spiro atoms. The smallest absolute Gasteiger partial charge is 0.216 e. The first kappa shape index (κ1) is 21.2. The van der Waals surface area contributed by atoms with E-state index in [1.165, 1.54) is 16.7 Å². The molecule has 0 saturated heterocycles. The molecule has 1 aromatic heterocycles. The molecule has 1 rings (SSSR count). The van der Waals surface area contributed by atoms with Crippen LogP contribution in [0.5, 0.6) is 0 Å². The minimum atomic E-state index is -0.0235. The number of carbonyl (C=O) groups is 1. The van der Waals surface area contributed by atoms with Crippen molar-refractivity contribution in [2.24, 2.45) is 4.99 Å². The van der Waals surface area contributed by atoms with Crippen molar-refractivity contribution in [1.29, 1.82) is 0 Å². The monoisotopic (exact) mass is 438 g/mol. The van der Waals surface area contributed by atoms with Crippen molar-refractivity contribution in [3.05, 3.63) is 21.9 Å². The number of nitrogens with one attached hydrogen (secondary N) is 3. The summed E-state index contributed by atoms with van der Waals surface area (Å²) in [7, 11) is 0. The molecule has 126 valence electrons. The predicted molar refractivity (Wildman–Crippen MR) is 105 cm³/mol. The quantitative estimate of drug-likeness (QED) is 0.265. The van der Waals surface area contributed by atoms with Crippen LogP contribution in [0.1, 0.15) is 30.5 Å². The SMILES string of the molecule is CCNC(=NCCNC(C)=O)NC(C)Cc1ccc(C)s1.I. The maximum absolute atomic E-state index is 10.8. The van der Waals surface area contributed by atoms with Gasteiger partial charge in [0.05, 0.1) is 6.54 Å². The number of carbonyl (C=O) groups excluding carboxylic acids is 1. The number of amides is 1. The Hall–Kier alpha value is -0.830. The molecule has 1 amide bonds. The normalized spacial score (nSPS) is 12.3. The number of aliphatic imine (C=N–C) groups is 1. The van der Waals surface area contributed by atoms with Gasteiger partial charge < -0.3 is 16.0 Å². The largest absolute Gasteiger partial charge is 0.357 e. The topological polar surface area (TPSA) is 65.5 Å². The summed E-state index contributed by atoms with van der Waals surface area (Å²) in [6.07, 6.45) is 0.981. The van der Waals surface area contributed by atoms with Gasteiger partial charge in [-0.25, -0.2) is 0 Å². The van der Waals surface area contributed by atoms with Gasteiger partial charge in [0, 0.05) is 42.2 Å². The zero-order valence-electron chi connectivity index (χ0n) is 13.7. The maximum atomic E-state index is 10.8. The third-order valence-corrected chi connectivity index (χ3v) is 3.81. The summed E-state index contributed by atoms with van der Waals surface area (Å²) in [5, 5.41) is 9.36. The van der Waals surface area contributed by atoms with Crippen molar-refractivity contribution >= 4 is 47.2 Å². The molecule has 0 aliphatic heterocycles. The van der Waals surface area contributed by atoms with E-state index in [0.29, 0.717) is 19.1 Å². The summed E-state index contributed by atoms with van der Waals surface area (Å²) in [4.78, 5) is 18.0. The van der Waals surface area contributed by atoms with E-state index in [4.69, 9.17) is 0 Å². The fourth-order valence-electron chi connectivity index (χ4n) is 1.90. The summed E-state index contributed by atoms with van der Waals surface area (Å²) < 4.78 is 0. The van der Waals surface area contributed by atoms with E-state index in [1.54, 1.807) is 0 Å². The maximum Gasteiger partial charge on any atom is 0.216 e.